The fourth-order valence-electron chi connectivity index (χ4n) is 3.63. The van der Waals surface area contributed by atoms with Crippen molar-refractivity contribution < 1.29 is 9.90 Å². The Kier molecular flexibility index (Phi) is 5.03. The van der Waals surface area contributed by atoms with Gasteiger partial charge in [-0.3, -0.25) is 0 Å². The number of hydrogen-bond acceptors (Lipinski definition) is 3. The summed E-state index contributed by atoms with van der Waals surface area (Å²) in [6, 6.07) is 12.2. The number of fused-ring (bicyclic) bond motifs is 1. The second-order valence-electron chi connectivity index (χ2n) is 7.49. The number of carbonyl (C=O) groups is 1. The first-order chi connectivity index (χ1) is 12.4. The molecule has 134 valence electrons. The Morgan fingerprint density at radius 1 is 1.19 bits per heavy atom. The van der Waals surface area contributed by atoms with E-state index >= 15 is 0 Å². The van der Waals surface area contributed by atoms with Crippen molar-refractivity contribution in [2.45, 2.75) is 44.6 Å². The van der Waals surface area contributed by atoms with Gasteiger partial charge in [-0.05, 0) is 59.1 Å². The summed E-state index contributed by atoms with van der Waals surface area (Å²) in [5.74, 6) is -0.954. The number of hydrogen-bond donors (Lipinski definition) is 1. The normalized spacial score (nSPS) is 16.8. The number of nitroso groups, excluding NO2 is 1. The van der Waals surface area contributed by atoms with Gasteiger partial charge in [0.1, 0.15) is 6.04 Å². The molecule has 0 heterocycles. The number of benzene rings is 2. The molecule has 1 N–H and O–H groups in total. The Labute approximate surface area is 153 Å². The van der Waals surface area contributed by atoms with E-state index in [-0.39, 0.29) is 11.0 Å². The SMILES string of the molecule is CC1(C)CCCc2ccc(C(C=Cc3ccc(C(=O)O)cc3)N=O)cc21. The van der Waals surface area contributed by atoms with Crippen molar-refractivity contribution in [1.82, 2.24) is 0 Å². The van der Waals surface area contributed by atoms with Crippen molar-refractivity contribution >= 4 is 12.0 Å². The lowest BCUT2D eigenvalue weighted by Gasteiger charge is -2.33. The van der Waals surface area contributed by atoms with Crippen LogP contribution in [0.2, 0.25) is 0 Å². The maximum absolute atomic E-state index is 11.4. The van der Waals surface area contributed by atoms with Crippen LogP contribution in [0.15, 0.2) is 53.7 Å². The Morgan fingerprint density at radius 2 is 1.92 bits per heavy atom. The molecular formula is C22H23NO3. The van der Waals surface area contributed by atoms with Crippen LogP contribution in [0.5, 0.6) is 0 Å². The molecule has 0 bridgehead atoms. The van der Waals surface area contributed by atoms with E-state index in [0.29, 0.717) is 0 Å². The fourth-order valence-corrected chi connectivity index (χ4v) is 3.63. The Balaban J connectivity index is 1.85. The molecule has 0 spiro atoms. The topological polar surface area (TPSA) is 66.7 Å². The van der Waals surface area contributed by atoms with Crippen LogP contribution >= 0.6 is 0 Å². The summed E-state index contributed by atoms with van der Waals surface area (Å²) in [7, 11) is 0. The third kappa shape index (κ3) is 3.74. The van der Waals surface area contributed by atoms with Crippen LogP contribution in [0.3, 0.4) is 0 Å². The highest BCUT2D eigenvalue weighted by Crippen LogP contribution is 2.38. The first-order valence-corrected chi connectivity index (χ1v) is 8.88. The van der Waals surface area contributed by atoms with E-state index in [2.05, 4.69) is 31.2 Å². The Morgan fingerprint density at radius 3 is 2.58 bits per heavy atom. The molecule has 2 aromatic carbocycles. The minimum absolute atomic E-state index is 0.118. The van der Waals surface area contributed by atoms with Crippen LogP contribution < -0.4 is 0 Å². The van der Waals surface area contributed by atoms with Crippen molar-refractivity contribution in [3.63, 3.8) is 0 Å². The van der Waals surface area contributed by atoms with Crippen LogP contribution in [0.4, 0.5) is 0 Å². The first kappa shape index (κ1) is 18.1. The molecule has 1 unspecified atom stereocenters. The summed E-state index contributed by atoms with van der Waals surface area (Å²) in [6.45, 7) is 4.50. The van der Waals surface area contributed by atoms with Gasteiger partial charge < -0.3 is 5.11 Å². The lowest BCUT2D eigenvalue weighted by atomic mass is 9.72. The number of aromatic carboxylic acids is 1. The van der Waals surface area contributed by atoms with Gasteiger partial charge in [0.05, 0.1) is 5.56 Å². The first-order valence-electron chi connectivity index (χ1n) is 8.88. The van der Waals surface area contributed by atoms with E-state index < -0.39 is 12.0 Å². The number of rotatable bonds is 5. The van der Waals surface area contributed by atoms with Crippen molar-refractivity contribution in [2.24, 2.45) is 5.18 Å². The van der Waals surface area contributed by atoms with Crippen LogP contribution in [0.25, 0.3) is 6.08 Å². The van der Waals surface area contributed by atoms with Gasteiger partial charge in [-0.1, -0.05) is 61.5 Å². The number of aryl methyl sites for hydroxylation is 1. The fraction of sp³-hybridized carbons (Fsp3) is 0.318. The molecule has 0 saturated carbocycles. The largest absolute Gasteiger partial charge is 0.478 e. The maximum Gasteiger partial charge on any atom is 0.335 e. The van der Waals surface area contributed by atoms with Crippen LogP contribution in [0.1, 0.15) is 65.3 Å². The Bertz CT molecular complexity index is 850. The molecule has 26 heavy (non-hydrogen) atoms. The van der Waals surface area contributed by atoms with E-state index in [1.54, 1.807) is 30.3 Å². The minimum Gasteiger partial charge on any atom is -0.478 e. The molecule has 2 aromatic rings. The molecule has 0 saturated heterocycles. The highest BCUT2D eigenvalue weighted by Gasteiger charge is 2.28. The van der Waals surface area contributed by atoms with Gasteiger partial charge in [-0.2, -0.15) is 0 Å². The van der Waals surface area contributed by atoms with Crippen LogP contribution in [-0.2, 0) is 11.8 Å². The molecule has 4 heteroatoms. The summed E-state index contributed by atoms with van der Waals surface area (Å²) in [6.07, 6.45) is 7.00. The van der Waals surface area contributed by atoms with Crippen LogP contribution in [-0.4, -0.2) is 11.1 Å². The molecule has 0 radical (unpaired) electrons. The zero-order valence-corrected chi connectivity index (χ0v) is 15.1. The van der Waals surface area contributed by atoms with E-state index in [4.69, 9.17) is 5.11 Å². The van der Waals surface area contributed by atoms with E-state index in [1.165, 1.54) is 17.5 Å². The second kappa shape index (κ2) is 7.24. The highest BCUT2D eigenvalue weighted by molar-refractivity contribution is 5.87. The van der Waals surface area contributed by atoms with Crippen molar-refractivity contribution in [2.75, 3.05) is 0 Å². The van der Waals surface area contributed by atoms with Gasteiger partial charge in [0.2, 0.25) is 0 Å². The van der Waals surface area contributed by atoms with Gasteiger partial charge in [0, 0.05) is 0 Å². The molecule has 0 aliphatic heterocycles. The molecule has 0 fully saturated rings. The quantitative estimate of drug-likeness (QED) is 0.723. The van der Waals surface area contributed by atoms with Crippen molar-refractivity contribution in [1.29, 1.82) is 0 Å². The van der Waals surface area contributed by atoms with Gasteiger partial charge in [0.25, 0.3) is 0 Å². The predicted molar refractivity (Wildman–Crippen MR) is 103 cm³/mol. The van der Waals surface area contributed by atoms with Crippen molar-refractivity contribution in [3.05, 3.63) is 81.3 Å². The maximum atomic E-state index is 11.4. The molecule has 1 aliphatic carbocycles. The van der Waals surface area contributed by atoms with Gasteiger partial charge >= 0.3 is 5.97 Å². The summed E-state index contributed by atoms with van der Waals surface area (Å²) in [5.41, 5.74) is 4.77. The summed E-state index contributed by atoms with van der Waals surface area (Å²) in [4.78, 5) is 22.3. The van der Waals surface area contributed by atoms with Gasteiger partial charge in [0.15, 0.2) is 0 Å². The van der Waals surface area contributed by atoms with Crippen molar-refractivity contribution in [3.8, 4) is 0 Å². The lowest BCUT2D eigenvalue weighted by Crippen LogP contribution is -2.24. The van der Waals surface area contributed by atoms with Crippen LogP contribution in [0, 0.1) is 4.91 Å². The number of carboxylic acids is 1. The zero-order chi connectivity index (χ0) is 18.7. The Hall–Kier alpha value is -2.75. The third-order valence-electron chi connectivity index (χ3n) is 5.19. The molecular weight excluding hydrogens is 326 g/mol. The van der Waals surface area contributed by atoms with E-state index in [0.717, 1.165) is 24.0 Å². The third-order valence-corrected chi connectivity index (χ3v) is 5.19. The number of carboxylic acid groups (broad SMARTS) is 1. The molecule has 1 aliphatic rings. The minimum atomic E-state index is -0.954. The zero-order valence-electron chi connectivity index (χ0n) is 15.1. The number of nitrogens with zero attached hydrogens (tertiary/aromatic N) is 1. The highest BCUT2D eigenvalue weighted by atomic mass is 16.4. The molecule has 1 atom stereocenters. The predicted octanol–water partition coefficient (Wildman–Crippen LogP) is 5.52. The summed E-state index contributed by atoms with van der Waals surface area (Å²) >= 11 is 0. The smallest absolute Gasteiger partial charge is 0.335 e. The molecule has 0 amide bonds. The summed E-state index contributed by atoms with van der Waals surface area (Å²) < 4.78 is 0. The molecule has 3 rings (SSSR count). The second-order valence-corrected chi connectivity index (χ2v) is 7.49. The average Bonchev–Trinajstić information content (AvgIpc) is 2.63. The van der Waals surface area contributed by atoms with Gasteiger partial charge in [-0.25, -0.2) is 4.79 Å². The molecule has 4 nitrogen and oxygen atoms in total. The standard InChI is InChI=1S/C22H23NO3/c1-22(2)13-3-4-16-10-11-18(14-19(16)22)20(23-26)12-7-15-5-8-17(9-6-15)21(24)25/h5-12,14,20H,3-4,13H2,1-2H3,(H,24,25). The monoisotopic (exact) mass is 349 g/mol. The van der Waals surface area contributed by atoms with Gasteiger partial charge in [-0.15, -0.1) is 4.91 Å². The average molecular weight is 349 g/mol. The van der Waals surface area contributed by atoms with E-state index in [1.807, 2.05) is 12.1 Å². The lowest BCUT2D eigenvalue weighted by molar-refractivity contribution is 0.0697. The molecule has 0 aromatic heterocycles. The summed E-state index contributed by atoms with van der Waals surface area (Å²) in [5, 5.41) is 12.2. The van der Waals surface area contributed by atoms with E-state index in [9.17, 15) is 9.70 Å².